The van der Waals surface area contributed by atoms with Crippen molar-refractivity contribution in [1.29, 1.82) is 0 Å². The Bertz CT molecular complexity index is 694. The number of carbonyl (C=O) groups is 1. The Morgan fingerprint density at radius 1 is 1.23 bits per heavy atom. The lowest BCUT2D eigenvalue weighted by Crippen LogP contribution is -2.27. The third kappa shape index (κ3) is 2.45. The van der Waals surface area contributed by atoms with Gasteiger partial charge in [0.15, 0.2) is 5.13 Å². The van der Waals surface area contributed by atoms with Crippen molar-refractivity contribution in [2.45, 2.75) is 32.6 Å². The molecule has 3 unspecified atom stereocenters. The highest BCUT2D eigenvalue weighted by Gasteiger charge is 2.43. The Morgan fingerprint density at radius 2 is 2.05 bits per heavy atom. The van der Waals surface area contributed by atoms with Crippen molar-refractivity contribution >= 4 is 22.4 Å². The minimum Gasteiger partial charge on any atom is -0.302 e. The molecule has 2 saturated carbocycles. The van der Waals surface area contributed by atoms with Crippen molar-refractivity contribution in [1.82, 2.24) is 4.98 Å². The molecule has 2 aliphatic rings. The number of benzene rings is 1. The molecule has 4 rings (SSSR count). The molecule has 0 radical (unpaired) electrons. The van der Waals surface area contributed by atoms with Crippen LogP contribution in [0.1, 0.15) is 30.6 Å². The number of amides is 1. The maximum Gasteiger partial charge on any atom is 0.229 e. The van der Waals surface area contributed by atoms with Crippen LogP contribution in [0.4, 0.5) is 5.13 Å². The molecular formula is C18H20N2OS. The van der Waals surface area contributed by atoms with E-state index in [2.05, 4.69) is 29.4 Å². The van der Waals surface area contributed by atoms with Crippen molar-refractivity contribution in [3.05, 3.63) is 35.2 Å². The fraction of sp³-hybridized carbons (Fsp3) is 0.444. The van der Waals surface area contributed by atoms with Crippen molar-refractivity contribution < 1.29 is 4.79 Å². The first-order chi connectivity index (χ1) is 10.7. The molecule has 4 heteroatoms. The van der Waals surface area contributed by atoms with Crippen LogP contribution in [0.15, 0.2) is 30.3 Å². The van der Waals surface area contributed by atoms with Gasteiger partial charge in [0.2, 0.25) is 5.91 Å². The van der Waals surface area contributed by atoms with Gasteiger partial charge in [-0.25, -0.2) is 4.98 Å². The van der Waals surface area contributed by atoms with Crippen LogP contribution < -0.4 is 5.32 Å². The second kappa shape index (κ2) is 5.51. The first kappa shape index (κ1) is 13.9. The maximum absolute atomic E-state index is 12.5. The third-order valence-electron chi connectivity index (χ3n) is 5.15. The Balaban J connectivity index is 1.51. The highest BCUT2D eigenvalue weighted by Crippen LogP contribution is 2.48. The van der Waals surface area contributed by atoms with E-state index in [9.17, 15) is 4.79 Å². The number of rotatable bonds is 3. The summed E-state index contributed by atoms with van der Waals surface area (Å²) >= 11 is 1.57. The zero-order valence-corrected chi connectivity index (χ0v) is 13.5. The lowest BCUT2D eigenvalue weighted by atomic mass is 9.88. The summed E-state index contributed by atoms with van der Waals surface area (Å²) in [6.07, 6.45) is 4.88. The molecule has 0 saturated heterocycles. The van der Waals surface area contributed by atoms with E-state index in [1.165, 1.54) is 19.3 Å². The average molecular weight is 312 g/mol. The SMILES string of the molecule is Cc1sc(NC(=O)C2CC3CCC2C3)nc1-c1ccccc1. The van der Waals surface area contributed by atoms with E-state index in [0.29, 0.717) is 5.92 Å². The van der Waals surface area contributed by atoms with Crippen molar-refractivity contribution in [2.24, 2.45) is 17.8 Å². The number of thiazole rings is 1. The first-order valence-corrected chi connectivity index (χ1v) is 8.86. The molecule has 114 valence electrons. The molecule has 2 fully saturated rings. The van der Waals surface area contributed by atoms with Crippen molar-refractivity contribution in [3.8, 4) is 11.3 Å². The quantitative estimate of drug-likeness (QED) is 0.907. The lowest BCUT2D eigenvalue weighted by Gasteiger charge is -2.19. The number of carbonyl (C=O) groups excluding carboxylic acids is 1. The van der Waals surface area contributed by atoms with Gasteiger partial charge < -0.3 is 5.32 Å². The first-order valence-electron chi connectivity index (χ1n) is 8.04. The smallest absolute Gasteiger partial charge is 0.229 e. The standard InChI is InChI=1S/C18H20N2OS/c1-11-16(13-5-3-2-4-6-13)19-18(22-11)20-17(21)15-10-12-7-8-14(15)9-12/h2-6,12,14-15H,7-10H2,1H3,(H,19,20,21). The number of hydrogen-bond donors (Lipinski definition) is 1. The predicted molar refractivity (Wildman–Crippen MR) is 89.9 cm³/mol. The normalized spacial score (nSPS) is 26.3. The monoisotopic (exact) mass is 312 g/mol. The molecule has 2 bridgehead atoms. The molecule has 1 amide bonds. The number of anilines is 1. The number of fused-ring (bicyclic) bond motifs is 2. The summed E-state index contributed by atoms with van der Waals surface area (Å²) in [5.41, 5.74) is 2.09. The Morgan fingerprint density at radius 3 is 2.73 bits per heavy atom. The van der Waals surface area contributed by atoms with Crippen LogP contribution in [0.25, 0.3) is 11.3 Å². The largest absolute Gasteiger partial charge is 0.302 e. The van der Waals surface area contributed by atoms with E-state index >= 15 is 0 Å². The van der Waals surface area contributed by atoms with Crippen LogP contribution in [0.3, 0.4) is 0 Å². The van der Waals surface area contributed by atoms with Gasteiger partial charge in [-0.15, -0.1) is 11.3 Å². The van der Waals surface area contributed by atoms with Crippen LogP contribution in [0.5, 0.6) is 0 Å². The summed E-state index contributed by atoms with van der Waals surface area (Å²) in [5.74, 6) is 1.79. The van der Waals surface area contributed by atoms with Crippen LogP contribution in [0.2, 0.25) is 0 Å². The molecule has 1 heterocycles. The van der Waals surface area contributed by atoms with Gasteiger partial charge in [-0.05, 0) is 38.0 Å². The molecule has 1 aromatic heterocycles. The van der Waals surface area contributed by atoms with Crippen LogP contribution in [-0.2, 0) is 4.79 Å². The summed E-state index contributed by atoms with van der Waals surface area (Å²) in [6.45, 7) is 2.06. The van der Waals surface area contributed by atoms with Gasteiger partial charge >= 0.3 is 0 Å². The van der Waals surface area contributed by atoms with Gasteiger partial charge in [-0.3, -0.25) is 4.79 Å². The number of aromatic nitrogens is 1. The zero-order valence-electron chi connectivity index (χ0n) is 12.7. The summed E-state index contributed by atoms with van der Waals surface area (Å²) in [5, 5.41) is 3.81. The van der Waals surface area contributed by atoms with Crippen molar-refractivity contribution in [3.63, 3.8) is 0 Å². The minimum absolute atomic E-state index is 0.181. The molecule has 3 nitrogen and oxygen atoms in total. The van der Waals surface area contributed by atoms with Crippen LogP contribution in [-0.4, -0.2) is 10.9 Å². The van der Waals surface area contributed by atoms with Gasteiger partial charge in [0, 0.05) is 16.4 Å². The number of hydrogen-bond acceptors (Lipinski definition) is 3. The van der Waals surface area contributed by atoms with E-state index in [0.717, 1.165) is 33.6 Å². The van der Waals surface area contributed by atoms with Gasteiger partial charge in [-0.1, -0.05) is 36.8 Å². The summed E-state index contributed by atoms with van der Waals surface area (Å²) in [6, 6.07) is 10.2. The van der Waals surface area contributed by atoms with Crippen molar-refractivity contribution in [2.75, 3.05) is 5.32 Å². The zero-order chi connectivity index (χ0) is 15.1. The molecule has 2 aliphatic carbocycles. The van der Waals surface area contributed by atoms with E-state index in [-0.39, 0.29) is 11.8 Å². The molecule has 0 aliphatic heterocycles. The van der Waals surface area contributed by atoms with Gasteiger partial charge in [-0.2, -0.15) is 0 Å². The molecule has 2 aromatic rings. The number of nitrogens with one attached hydrogen (secondary N) is 1. The molecule has 1 N–H and O–H groups in total. The number of aryl methyl sites for hydroxylation is 1. The summed E-state index contributed by atoms with van der Waals surface area (Å²) < 4.78 is 0. The third-order valence-corrected chi connectivity index (χ3v) is 6.04. The fourth-order valence-electron chi connectivity index (χ4n) is 4.08. The second-order valence-corrected chi connectivity index (χ2v) is 7.76. The van der Waals surface area contributed by atoms with E-state index < -0.39 is 0 Å². The highest BCUT2D eigenvalue weighted by molar-refractivity contribution is 7.16. The lowest BCUT2D eigenvalue weighted by molar-refractivity contribution is -0.121. The Kier molecular flexibility index (Phi) is 3.49. The van der Waals surface area contributed by atoms with Gasteiger partial charge in [0.05, 0.1) is 5.69 Å². The van der Waals surface area contributed by atoms with Gasteiger partial charge in [0.25, 0.3) is 0 Å². The van der Waals surface area contributed by atoms with Crippen LogP contribution in [0, 0.1) is 24.7 Å². The molecule has 1 aromatic carbocycles. The van der Waals surface area contributed by atoms with Crippen LogP contribution >= 0.6 is 11.3 Å². The van der Waals surface area contributed by atoms with Gasteiger partial charge in [0.1, 0.15) is 0 Å². The molecule has 3 atom stereocenters. The predicted octanol–water partition coefficient (Wildman–Crippen LogP) is 4.49. The molecular weight excluding hydrogens is 292 g/mol. The number of nitrogens with zero attached hydrogens (tertiary/aromatic N) is 1. The second-order valence-electron chi connectivity index (χ2n) is 6.56. The Hall–Kier alpha value is -1.68. The topological polar surface area (TPSA) is 42.0 Å². The average Bonchev–Trinajstić information content (AvgIpc) is 3.23. The highest BCUT2D eigenvalue weighted by atomic mass is 32.1. The fourth-order valence-corrected chi connectivity index (χ4v) is 4.92. The van der Waals surface area contributed by atoms with E-state index in [1.807, 2.05) is 18.2 Å². The minimum atomic E-state index is 0.181. The summed E-state index contributed by atoms with van der Waals surface area (Å²) in [4.78, 5) is 18.3. The van der Waals surface area contributed by atoms with E-state index in [4.69, 9.17) is 0 Å². The Labute approximate surface area is 134 Å². The maximum atomic E-state index is 12.5. The molecule has 0 spiro atoms. The van der Waals surface area contributed by atoms with E-state index in [1.54, 1.807) is 11.3 Å². The summed E-state index contributed by atoms with van der Waals surface area (Å²) in [7, 11) is 0. The molecule has 22 heavy (non-hydrogen) atoms.